The quantitative estimate of drug-likeness (QED) is 0.754. The van der Waals surface area contributed by atoms with Crippen LogP contribution in [0.1, 0.15) is 18.1 Å². The largest absolute Gasteiger partial charge is 0.451 e. The van der Waals surface area contributed by atoms with Crippen LogP contribution in [-0.2, 0) is 14.1 Å². The average Bonchev–Trinajstić information content (AvgIpc) is 2.38. The van der Waals surface area contributed by atoms with E-state index in [0.29, 0.717) is 5.56 Å². The van der Waals surface area contributed by atoms with Crippen molar-refractivity contribution in [2.45, 2.75) is 12.5 Å². The van der Waals surface area contributed by atoms with Gasteiger partial charge >= 0.3 is 5.97 Å². The standard InChI is InChI=1S/C11H14NO4P/c13-9(16-17)6-7-12-11(15)10(14)8-4-2-1-3-5-8/h1-5,10,14H,6-7,17H2,(H,12,15)/t10-/m0/s1. The topological polar surface area (TPSA) is 75.6 Å². The summed E-state index contributed by atoms with van der Waals surface area (Å²) in [5.74, 6) is -0.975. The highest BCUT2D eigenvalue weighted by Gasteiger charge is 2.16. The highest BCUT2D eigenvalue weighted by atomic mass is 31.0. The number of aliphatic hydroxyl groups is 1. The van der Waals surface area contributed by atoms with Gasteiger partial charge in [-0.1, -0.05) is 30.3 Å². The molecule has 2 N–H and O–H groups in total. The van der Waals surface area contributed by atoms with E-state index in [0.717, 1.165) is 0 Å². The molecule has 0 spiro atoms. The van der Waals surface area contributed by atoms with E-state index in [1.54, 1.807) is 30.3 Å². The van der Waals surface area contributed by atoms with Crippen molar-refractivity contribution in [3.8, 4) is 0 Å². The van der Waals surface area contributed by atoms with Gasteiger partial charge in [0.2, 0.25) is 0 Å². The molecule has 0 bridgehead atoms. The molecule has 1 aromatic carbocycles. The molecule has 17 heavy (non-hydrogen) atoms. The Kier molecular flexibility index (Phi) is 5.60. The maximum atomic E-state index is 11.5. The fourth-order valence-electron chi connectivity index (χ4n) is 1.23. The summed E-state index contributed by atoms with van der Waals surface area (Å²) in [5.41, 5.74) is 0.513. The minimum Gasteiger partial charge on any atom is -0.451 e. The van der Waals surface area contributed by atoms with Crippen LogP contribution >= 0.6 is 9.47 Å². The molecule has 1 unspecified atom stereocenters. The Labute approximate surface area is 101 Å². The molecule has 0 aliphatic heterocycles. The predicted molar refractivity (Wildman–Crippen MR) is 64.8 cm³/mol. The summed E-state index contributed by atoms with van der Waals surface area (Å²) >= 11 is 0. The van der Waals surface area contributed by atoms with Gasteiger partial charge in [0.05, 0.1) is 15.9 Å². The van der Waals surface area contributed by atoms with Gasteiger partial charge in [-0.25, -0.2) is 0 Å². The Morgan fingerprint density at radius 1 is 1.35 bits per heavy atom. The number of hydrogen-bond donors (Lipinski definition) is 2. The summed E-state index contributed by atoms with van der Waals surface area (Å²) in [6, 6.07) is 8.57. The maximum absolute atomic E-state index is 11.5. The van der Waals surface area contributed by atoms with E-state index < -0.39 is 18.0 Å². The molecule has 1 rings (SSSR count). The van der Waals surface area contributed by atoms with Gasteiger partial charge in [-0.3, -0.25) is 9.59 Å². The van der Waals surface area contributed by atoms with Crippen LogP contribution < -0.4 is 5.32 Å². The summed E-state index contributed by atoms with van der Waals surface area (Å²) in [6.07, 6.45) is -1.15. The molecule has 1 amide bonds. The van der Waals surface area contributed by atoms with Crippen LogP contribution in [-0.4, -0.2) is 23.5 Å². The Morgan fingerprint density at radius 3 is 2.59 bits per heavy atom. The lowest BCUT2D eigenvalue weighted by molar-refractivity contribution is -0.133. The molecule has 0 saturated heterocycles. The lowest BCUT2D eigenvalue weighted by Gasteiger charge is -2.10. The molecule has 0 aliphatic rings. The number of nitrogens with one attached hydrogen (secondary N) is 1. The molecular formula is C11H14NO4P. The van der Waals surface area contributed by atoms with E-state index in [9.17, 15) is 14.7 Å². The normalized spacial score (nSPS) is 11.6. The highest BCUT2D eigenvalue weighted by molar-refractivity contribution is 7.10. The van der Waals surface area contributed by atoms with Crippen molar-refractivity contribution in [3.05, 3.63) is 35.9 Å². The zero-order valence-corrected chi connectivity index (χ0v) is 10.3. The van der Waals surface area contributed by atoms with Gasteiger partial charge in [-0.15, -0.1) is 0 Å². The van der Waals surface area contributed by atoms with Crippen LogP contribution in [0.3, 0.4) is 0 Å². The Bertz CT molecular complexity index is 382. The third-order valence-corrected chi connectivity index (χ3v) is 2.39. The van der Waals surface area contributed by atoms with Gasteiger partial charge in [0, 0.05) is 6.54 Å². The van der Waals surface area contributed by atoms with Gasteiger partial charge in [-0.05, 0) is 5.56 Å². The number of carbonyl (C=O) groups is 2. The van der Waals surface area contributed by atoms with Gasteiger partial charge < -0.3 is 14.9 Å². The van der Waals surface area contributed by atoms with Crippen molar-refractivity contribution in [1.29, 1.82) is 0 Å². The maximum Gasteiger partial charge on any atom is 0.309 e. The van der Waals surface area contributed by atoms with E-state index >= 15 is 0 Å². The van der Waals surface area contributed by atoms with E-state index in [-0.39, 0.29) is 13.0 Å². The smallest absolute Gasteiger partial charge is 0.309 e. The lowest BCUT2D eigenvalue weighted by atomic mass is 10.1. The van der Waals surface area contributed by atoms with Crippen molar-refractivity contribution < 1.29 is 19.2 Å². The van der Waals surface area contributed by atoms with Crippen LogP contribution in [0.15, 0.2) is 30.3 Å². The average molecular weight is 255 g/mol. The second-order valence-electron chi connectivity index (χ2n) is 3.34. The van der Waals surface area contributed by atoms with Crippen LogP contribution in [0.2, 0.25) is 0 Å². The van der Waals surface area contributed by atoms with Gasteiger partial charge in [0.1, 0.15) is 0 Å². The first-order valence-electron chi connectivity index (χ1n) is 5.05. The van der Waals surface area contributed by atoms with Crippen LogP contribution in [0.25, 0.3) is 0 Å². The molecule has 0 aliphatic carbocycles. The first-order chi connectivity index (χ1) is 8.15. The number of carbonyl (C=O) groups excluding carboxylic acids is 2. The fourth-order valence-corrected chi connectivity index (χ4v) is 1.35. The van der Waals surface area contributed by atoms with Crippen molar-refractivity contribution in [2.24, 2.45) is 0 Å². The molecule has 5 nitrogen and oxygen atoms in total. The highest BCUT2D eigenvalue weighted by Crippen LogP contribution is 2.11. The molecule has 2 atom stereocenters. The second-order valence-corrected chi connectivity index (χ2v) is 3.58. The van der Waals surface area contributed by atoms with E-state index in [1.165, 1.54) is 0 Å². The van der Waals surface area contributed by atoms with Crippen molar-refractivity contribution in [3.63, 3.8) is 0 Å². The first-order valence-corrected chi connectivity index (χ1v) is 5.52. The number of benzene rings is 1. The Morgan fingerprint density at radius 2 is 2.00 bits per heavy atom. The SMILES string of the molecule is O=C(CCNC(=O)[C@@H](O)c1ccccc1)OP. The Hall–Kier alpha value is -1.45. The number of amides is 1. The summed E-state index contributed by atoms with van der Waals surface area (Å²) in [6.45, 7) is 0.135. The zero-order chi connectivity index (χ0) is 12.7. The van der Waals surface area contributed by atoms with Gasteiger partial charge in [-0.2, -0.15) is 0 Å². The number of rotatable bonds is 5. The fraction of sp³-hybridized carbons (Fsp3) is 0.273. The second kappa shape index (κ2) is 6.99. The number of aliphatic hydroxyl groups excluding tert-OH is 1. The van der Waals surface area contributed by atoms with E-state index in [1.807, 2.05) is 9.47 Å². The van der Waals surface area contributed by atoms with Crippen molar-refractivity contribution in [1.82, 2.24) is 5.32 Å². The van der Waals surface area contributed by atoms with Gasteiger partial charge in [0.15, 0.2) is 6.10 Å². The molecule has 6 heteroatoms. The van der Waals surface area contributed by atoms with Crippen LogP contribution in [0, 0.1) is 0 Å². The third-order valence-electron chi connectivity index (χ3n) is 2.12. The summed E-state index contributed by atoms with van der Waals surface area (Å²) in [4.78, 5) is 22.3. The minimum atomic E-state index is -1.22. The molecule has 0 aromatic heterocycles. The number of hydrogen-bond acceptors (Lipinski definition) is 4. The summed E-state index contributed by atoms with van der Waals surface area (Å²) in [5, 5.41) is 12.1. The molecule has 92 valence electrons. The third kappa shape index (κ3) is 4.51. The summed E-state index contributed by atoms with van der Waals surface area (Å²) in [7, 11) is 1.84. The van der Waals surface area contributed by atoms with Crippen molar-refractivity contribution in [2.75, 3.05) is 6.54 Å². The minimum absolute atomic E-state index is 0.0662. The van der Waals surface area contributed by atoms with Crippen LogP contribution in [0.5, 0.6) is 0 Å². The van der Waals surface area contributed by atoms with E-state index in [2.05, 4.69) is 9.84 Å². The monoisotopic (exact) mass is 255 g/mol. The zero-order valence-electron chi connectivity index (χ0n) is 9.13. The first kappa shape index (κ1) is 13.6. The molecular weight excluding hydrogens is 241 g/mol. The van der Waals surface area contributed by atoms with Crippen molar-refractivity contribution >= 4 is 21.3 Å². The molecule has 0 radical (unpaired) electrons. The predicted octanol–water partition coefficient (Wildman–Crippen LogP) is 0.560. The van der Waals surface area contributed by atoms with E-state index in [4.69, 9.17) is 0 Å². The van der Waals surface area contributed by atoms with Crippen LogP contribution in [0.4, 0.5) is 0 Å². The molecule has 0 fully saturated rings. The molecule has 1 aromatic rings. The van der Waals surface area contributed by atoms with Gasteiger partial charge in [0.25, 0.3) is 5.91 Å². The lowest BCUT2D eigenvalue weighted by Crippen LogP contribution is -2.31. The Balaban J connectivity index is 2.40. The summed E-state index contributed by atoms with van der Waals surface area (Å²) < 4.78 is 4.34. The molecule has 0 saturated carbocycles. The molecule has 0 heterocycles.